The second-order valence-corrected chi connectivity index (χ2v) is 8.66. The zero-order valence-corrected chi connectivity index (χ0v) is 16.0. The lowest BCUT2D eigenvalue weighted by Gasteiger charge is -2.24. The van der Waals surface area contributed by atoms with Gasteiger partial charge in [0.2, 0.25) is 9.84 Å². The SMILES string of the molecule is CCN1CCCC1Cn1c(C)c(C)c(S(=O)(=O)c2ccccc2)c1N. The third-order valence-corrected chi connectivity index (χ3v) is 7.38. The molecule has 0 saturated carbocycles. The number of anilines is 1. The van der Waals surface area contributed by atoms with Crippen molar-refractivity contribution in [1.29, 1.82) is 0 Å². The second-order valence-electron chi connectivity index (χ2n) is 6.78. The van der Waals surface area contributed by atoms with E-state index in [1.165, 1.54) is 6.42 Å². The van der Waals surface area contributed by atoms with E-state index >= 15 is 0 Å². The normalized spacial score (nSPS) is 18.8. The maximum atomic E-state index is 13.1. The van der Waals surface area contributed by atoms with Crippen LogP contribution in [0.5, 0.6) is 0 Å². The summed E-state index contributed by atoms with van der Waals surface area (Å²) in [6, 6.07) is 8.95. The zero-order chi connectivity index (χ0) is 18.2. The topological polar surface area (TPSA) is 68.3 Å². The molecule has 2 N–H and O–H groups in total. The fourth-order valence-corrected chi connectivity index (χ4v) is 5.57. The number of benzene rings is 1. The molecule has 136 valence electrons. The smallest absolute Gasteiger partial charge is 0.210 e. The van der Waals surface area contributed by atoms with Crippen LogP contribution in [-0.4, -0.2) is 37.0 Å². The summed E-state index contributed by atoms with van der Waals surface area (Å²) < 4.78 is 28.2. The number of likely N-dealkylation sites (tertiary alicyclic amines) is 1. The summed E-state index contributed by atoms with van der Waals surface area (Å²) in [5.41, 5.74) is 8.05. The van der Waals surface area contributed by atoms with Gasteiger partial charge in [-0.15, -0.1) is 0 Å². The molecule has 1 saturated heterocycles. The maximum Gasteiger partial charge on any atom is 0.210 e. The molecule has 1 aliphatic heterocycles. The molecular weight excluding hydrogens is 334 g/mol. The Labute approximate surface area is 150 Å². The van der Waals surface area contributed by atoms with Gasteiger partial charge in [0.1, 0.15) is 10.7 Å². The summed E-state index contributed by atoms with van der Waals surface area (Å²) in [4.78, 5) is 3.00. The van der Waals surface area contributed by atoms with E-state index in [4.69, 9.17) is 5.73 Å². The standard InChI is InChI=1S/C19H27N3O2S/c1-4-21-12-8-9-16(21)13-22-15(3)14(2)18(19(22)20)25(23,24)17-10-6-5-7-11-17/h5-7,10-11,16H,4,8-9,12-13,20H2,1-3H3. The summed E-state index contributed by atoms with van der Waals surface area (Å²) in [7, 11) is -3.61. The van der Waals surface area contributed by atoms with E-state index in [1.54, 1.807) is 24.3 Å². The summed E-state index contributed by atoms with van der Waals surface area (Å²) in [5, 5.41) is 0. The van der Waals surface area contributed by atoms with Gasteiger partial charge in [0, 0.05) is 18.3 Å². The minimum atomic E-state index is -3.61. The van der Waals surface area contributed by atoms with Crippen LogP contribution in [0.1, 0.15) is 31.0 Å². The average Bonchev–Trinajstić information content (AvgIpc) is 3.14. The highest BCUT2D eigenvalue weighted by Crippen LogP contribution is 2.34. The summed E-state index contributed by atoms with van der Waals surface area (Å²) in [6.07, 6.45) is 2.32. The van der Waals surface area contributed by atoms with E-state index in [-0.39, 0.29) is 9.79 Å². The van der Waals surface area contributed by atoms with E-state index in [0.29, 0.717) is 11.9 Å². The Morgan fingerprint density at radius 1 is 1.20 bits per heavy atom. The van der Waals surface area contributed by atoms with Crippen molar-refractivity contribution in [3.8, 4) is 0 Å². The number of rotatable bonds is 5. The predicted molar refractivity (Wildman–Crippen MR) is 100 cm³/mol. The number of nitrogens with zero attached hydrogens (tertiary/aromatic N) is 2. The van der Waals surface area contributed by atoms with Crippen LogP contribution in [0, 0.1) is 13.8 Å². The van der Waals surface area contributed by atoms with Gasteiger partial charge in [-0.05, 0) is 57.5 Å². The Morgan fingerprint density at radius 2 is 1.88 bits per heavy atom. The molecule has 3 rings (SSSR count). The summed E-state index contributed by atoms with van der Waals surface area (Å²) >= 11 is 0. The van der Waals surface area contributed by atoms with Crippen LogP contribution in [-0.2, 0) is 16.4 Å². The number of sulfone groups is 1. The van der Waals surface area contributed by atoms with Gasteiger partial charge in [0.15, 0.2) is 0 Å². The molecule has 2 aromatic rings. The van der Waals surface area contributed by atoms with Crippen molar-refractivity contribution in [1.82, 2.24) is 9.47 Å². The predicted octanol–water partition coefficient (Wildman–Crippen LogP) is 3.00. The Bertz CT molecular complexity index is 857. The van der Waals surface area contributed by atoms with Gasteiger partial charge in [-0.1, -0.05) is 25.1 Å². The van der Waals surface area contributed by atoms with E-state index in [1.807, 2.05) is 24.5 Å². The van der Waals surface area contributed by atoms with Crippen LogP contribution in [0.3, 0.4) is 0 Å². The Balaban J connectivity index is 2.03. The molecular formula is C19H27N3O2S. The molecule has 1 aromatic heterocycles. The molecule has 1 fully saturated rings. The average molecular weight is 362 g/mol. The number of likely N-dealkylation sites (N-methyl/N-ethyl adjacent to an activating group) is 1. The van der Waals surface area contributed by atoms with Gasteiger partial charge >= 0.3 is 0 Å². The number of hydrogen-bond donors (Lipinski definition) is 1. The van der Waals surface area contributed by atoms with Gasteiger partial charge in [-0.25, -0.2) is 8.42 Å². The molecule has 1 aliphatic rings. The Morgan fingerprint density at radius 3 is 2.52 bits per heavy atom. The van der Waals surface area contributed by atoms with Crippen LogP contribution in [0.25, 0.3) is 0 Å². The monoisotopic (exact) mass is 361 g/mol. The number of nitrogen functional groups attached to an aromatic ring is 1. The van der Waals surface area contributed by atoms with Crippen LogP contribution < -0.4 is 5.73 Å². The molecule has 5 nitrogen and oxygen atoms in total. The van der Waals surface area contributed by atoms with Crippen molar-refractivity contribution < 1.29 is 8.42 Å². The van der Waals surface area contributed by atoms with Gasteiger partial charge in [-0.3, -0.25) is 4.90 Å². The highest BCUT2D eigenvalue weighted by atomic mass is 32.2. The molecule has 2 heterocycles. The quantitative estimate of drug-likeness (QED) is 0.889. The number of nitrogens with two attached hydrogens (primary N) is 1. The molecule has 0 bridgehead atoms. The molecule has 1 unspecified atom stereocenters. The lowest BCUT2D eigenvalue weighted by Crippen LogP contribution is -2.33. The fourth-order valence-electron chi connectivity index (χ4n) is 3.88. The third kappa shape index (κ3) is 3.09. The third-order valence-electron chi connectivity index (χ3n) is 5.43. The van der Waals surface area contributed by atoms with E-state index in [9.17, 15) is 8.42 Å². The largest absolute Gasteiger partial charge is 0.384 e. The number of hydrogen-bond acceptors (Lipinski definition) is 4. The first-order valence-corrected chi connectivity index (χ1v) is 10.4. The van der Waals surface area contributed by atoms with Crippen molar-refractivity contribution >= 4 is 15.7 Å². The molecule has 1 aromatic carbocycles. The fraction of sp³-hybridized carbons (Fsp3) is 0.474. The molecule has 25 heavy (non-hydrogen) atoms. The molecule has 0 aliphatic carbocycles. The van der Waals surface area contributed by atoms with Crippen LogP contribution in [0.2, 0.25) is 0 Å². The van der Waals surface area contributed by atoms with Crippen LogP contribution in [0.4, 0.5) is 5.82 Å². The van der Waals surface area contributed by atoms with E-state index in [0.717, 1.165) is 37.3 Å². The number of aromatic nitrogens is 1. The minimum absolute atomic E-state index is 0.261. The molecule has 0 spiro atoms. The van der Waals surface area contributed by atoms with Crippen LogP contribution in [0.15, 0.2) is 40.1 Å². The van der Waals surface area contributed by atoms with Gasteiger partial charge in [0.05, 0.1) is 4.90 Å². The van der Waals surface area contributed by atoms with E-state index in [2.05, 4.69) is 11.8 Å². The van der Waals surface area contributed by atoms with Gasteiger partial charge in [0.25, 0.3) is 0 Å². The summed E-state index contributed by atoms with van der Waals surface area (Å²) in [5.74, 6) is 0.363. The van der Waals surface area contributed by atoms with Crippen molar-refractivity contribution in [3.05, 3.63) is 41.6 Å². The van der Waals surface area contributed by atoms with Crippen LogP contribution >= 0.6 is 0 Å². The van der Waals surface area contributed by atoms with Gasteiger partial charge in [-0.2, -0.15) is 0 Å². The maximum absolute atomic E-state index is 13.1. The highest BCUT2D eigenvalue weighted by Gasteiger charge is 2.30. The molecule has 0 radical (unpaired) electrons. The lowest BCUT2D eigenvalue weighted by atomic mass is 10.2. The van der Waals surface area contributed by atoms with Crippen molar-refractivity contribution in [3.63, 3.8) is 0 Å². The molecule has 0 amide bonds. The molecule has 1 atom stereocenters. The summed E-state index contributed by atoms with van der Waals surface area (Å²) in [6.45, 7) is 8.84. The first-order chi connectivity index (χ1) is 11.9. The van der Waals surface area contributed by atoms with Crippen molar-refractivity contribution in [2.75, 3.05) is 18.8 Å². The molecule has 6 heteroatoms. The van der Waals surface area contributed by atoms with Crippen molar-refractivity contribution in [2.45, 2.75) is 56.0 Å². The van der Waals surface area contributed by atoms with E-state index < -0.39 is 9.84 Å². The minimum Gasteiger partial charge on any atom is -0.384 e. The lowest BCUT2D eigenvalue weighted by molar-refractivity contribution is 0.244. The Kier molecular flexibility index (Phi) is 4.93. The highest BCUT2D eigenvalue weighted by molar-refractivity contribution is 7.91. The second kappa shape index (κ2) is 6.84. The first kappa shape index (κ1) is 18.0. The first-order valence-electron chi connectivity index (χ1n) is 8.87. The van der Waals surface area contributed by atoms with Crippen molar-refractivity contribution in [2.24, 2.45) is 0 Å². The van der Waals surface area contributed by atoms with Gasteiger partial charge < -0.3 is 10.3 Å². The Hall–Kier alpha value is -1.79. The zero-order valence-electron chi connectivity index (χ0n) is 15.2.